The molecular formula is C33H30N4O5. The number of aryl methyl sites for hydroxylation is 3. The molecule has 9 heteroatoms. The topological polar surface area (TPSA) is 97.6 Å². The number of rotatable bonds is 12. The first kappa shape index (κ1) is 26.9. The van der Waals surface area contributed by atoms with E-state index in [0.717, 1.165) is 35.5 Å². The number of hydrogen-bond donors (Lipinski definition) is 0. The van der Waals surface area contributed by atoms with E-state index in [1.165, 1.54) is 0 Å². The summed E-state index contributed by atoms with van der Waals surface area (Å²) in [6, 6.07) is 27.3. The summed E-state index contributed by atoms with van der Waals surface area (Å²) < 4.78 is 30.8. The Kier molecular flexibility index (Phi) is 7.98. The SMILES string of the molecule is COc1cc(COc2cc(CCc3ccccn3)n(-c3ccccc3)n2)ccc1OCc1nc(-c2ccco2)oc1C. The largest absolute Gasteiger partial charge is 0.493 e. The molecule has 4 heterocycles. The fourth-order valence-electron chi connectivity index (χ4n) is 4.53. The number of oxazole rings is 1. The summed E-state index contributed by atoms with van der Waals surface area (Å²) in [6.07, 6.45) is 4.97. The first-order chi connectivity index (χ1) is 20.7. The lowest BCUT2D eigenvalue weighted by atomic mass is 10.1. The van der Waals surface area contributed by atoms with Crippen molar-refractivity contribution in [2.75, 3.05) is 7.11 Å². The van der Waals surface area contributed by atoms with Crippen LogP contribution in [0.15, 0.2) is 106 Å². The van der Waals surface area contributed by atoms with E-state index >= 15 is 0 Å². The maximum absolute atomic E-state index is 6.13. The molecule has 0 aliphatic carbocycles. The third-order valence-electron chi connectivity index (χ3n) is 6.73. The van der Waals surface area contributed by atoms with Crippen molar-refractivity contribution in [2.45, 2.75) is 33.0 Å². The first-order valence-electron chi connectivity index (χ1n) is 13.6. The molecule has 6 aromatic rings. The molecule has 0 aliphatic rings. The fraction of sp³-hybridized carbons (Fsp3) is 0.182. The first-order valence-corrected chi connectivity index (χ1v) is 13.6. The fourth-order valence-corrected chi connectivity index (χ4v) is 4.53. The zero-order valence-corrected chi connectivity index (χ0v) is 23.4. The van der Waals surface area contributed by atoms with Gasteiger partial charge < -0.3 is 23.0 Å². The van der Waals surface area contributed by atoms with Gasteiger partial charge in [0.1, 0.15) is 24.7 Å². The van der Waals surface area contributed by atoms with E-state index in [1.807, 2.05) is 90.6 Å². The molecule has 0 fully saturated rings. The van der Waals surface area contributed by atoms with Crippen LogP contribution in [0, 0.1) is 6.92 Å². The summed E-state index contributed by atoms with van der Waals surface area (Å²) in [7, 11) is 1.61. The van der Waals surface area contributed by atoms with E-state index in [-0.39, 0.29) is 6.61 Å². The predicted octanol–water partition coefficient (Wildman–Crippen LogP) is 6.78. The highest BCUT2D eigenvalue weighted by atomic mass is 16.5. The minimum atomic E-state index is 0.223. The summed E-state index contributed by atoms with van der Waals surface area (Å²) in [5.74, 6) is 3.39. The summed E-state index contributed by atoms with van der Waals surface area (Å²) in [4.78, 5) is 8.96. The standard InChI is InChI=1S/C33H30N4O5/c1-23-28(35-33(42-23)30-12-8-18-39-30)22-40-29-16-13-24(19-31(29)38-2)21-41-32-20-27(15-14-25-9-6-7-17-34-25)37(36-32)26-10-4-3-5-11-26/h3-13,16-20H,14-15,21-22H2,1-2H3. The summed E-state index contributed by atoms with van der Waals surface area (Å²) >= 11 is 0. The van der Waals surface area contributed by atoms with Gasteiger partial charge in [-0.25, -0.2) is 9.67 Å². The van der Waals surface area contributed by atoms with Crippen LogP contribution in [0.25, 0.3) is 17.3 Å². The number of nitrogens with zero attached hydrogens (tertiary/aromatic N) is 4. The van der Waals surface area contributed by atoms with Gasteiger partial charge in [0.2, 0.25) is 5.88 Å². The molecule has 0 N–H and O–H groups in total. The van der Waals surface area contributed by atoms with E-state index in [2.05, 4.69) is 9.97 Å². The van der Waals surface area contributed by atoms with Gasteiger partial charge in [-0.1, -0.05) is 30.3 Å². The summed E-state index contributed by atoms with van der Waals surface area (Å²) in [5, 5.41) is 4.76. The van der Waals surface area contributed by atoms with E-state index in [4.69, 9.17) is 28.1 Å². The molecule has 6 rings (SSSR count). The zero-order chi connectivity index (χ0) is 28.7. The smallest absolute Gasteiger partial charge is 0.263 e. The van der Waals surface area contributed by atoms with Crippen molar-refractivity contribution in [3.63, 3.8) is 0 Å². The minimum absolute atomic E-state index is 0.223. The van der Waals surface area contributed by atoms with E-state index in [9.17, 15) is 0 Å². The molecule has 42 heavy (non-hydrogen) atoms. The molecule has 0 radical (unpaired) electrons. The Bertz CT molecular complexity index is 1730. The molecule has 4 aromatic heterocycles. The van der Waals surface area contributed by atoms with Crippen molar-refractivity contribution in [3.8, 4) is 34.7 Å². The van der Waals surface area contributed by atoms with Crippen molar-refractivity contribution in [2.24, 2.45) is 0 Å². The molecule has 0 unspecified atom stereocenters. The molecule has 0 amide bonds. The lowest BCUT2D eigenvalue weighted by Crippen LogP contribution is -2.04. The van der Waals surface area contributed by atoms with Crippen LogP contribution in [-0.4, -0.2) is 26.9 Å². The quantitative estimate of drug-likeness (QED) is 0.161. The van der Waals surface area contributed by atoms with Crippen LogP contribution >= 0.6 is 0 Å². The van der Waals surface area contributed by atoms with Gasteiger partial charge in [-0.3, -0.25) is 4.98 Å². The van der Waals surface area contributed by atoms with E-state index in [0.29, 0.717) is 47.1 Å². The van der Waals surface area contributed by atoms with E-state index in [1.54, 1.807) is 25.5 Å². The van der Waals surface area contributed by atoms with Crippen molar-refractivity contribution in [1.29, 1.82) is 0 Å². The van der Waals surface area contributed by atoms with Crippen LogP contribution in [0.3, 0.4) is 0 Å². The Balaban J connectivity index is 1.13. The Labute approximate surface area is 243 Å². The maximum Gasteiger partial charge on any atom is 0.263 e. The van der Waals surface area contributed by atoms with Gasteiger partial charge >= 0.3 is 0 Å². The second-order valence-electron chi connectivity index (χ2n) is 9.60. The molecule has 0 bridgehead atoms. The van der Waals surface area contributed by atoms with Crippen molar-refractivity contribution >= 4 is 0 Å². The van der Waals surface area contributed by atoms with Crippen LogP contribution in [0.5, 0.6) is 17.4 Å². The molecule has 9 nitrogen and oxygen atoms in total. The van der Waals surface area contributed by atoms with Gasteiger partial charge in [-0.15, -0.1) is 5.10 Å². The minimum Gasteiger partial charge on any atom is -0.493 e. The number of furan rings is 1. The van der Waals surface area contributed by atoms with Gasteiger partial charge in [-0.2, -0.15) is 0 Å². The Morgan fingerprint density at radius 3 is 2.50 bits per heavy atom. The Morgan fingerprint density at radius 2 is 1.71 bits per heavy atom. The van der Waals surface area contributed by atoms with Crippen LogP contribution < -0.4 is 14.2 Å². The molecule has 0 atom stereocenters. The van der Waals surface area contributed by atoms with Crippen molar-refractivity contribution in [1.82, 2.24) is 19.7 Å². The molecule has 0 aliphatic heterocycles. The third-order valence-corrected chi connectivity index (χ3v) is 6.73. The summed E-state index contributed by atoms with van der Waals surface area (Å²) in [6.45, 7) is 2.39. The average molecular weight is 563 g/mol. The van der Waals surface area contributed by atoms with E-state index < -0.39 is 0 Å². The van der Waals surface area contributed by atoms with Crippen LogP contribution in [0.4, 0.5) is 0 Å². The highest BCUT2D eigenvalue weighted by Gasteiger charge is 2.16. The normalized spacial score (nSPS) is 11.0. The van der Waals surface area contributed by atoms with Gasteiger partial charge in [0.25, 0.3) is 5.89 Å². The number of para-hydroxylation sites is 1. The number of benzene rings is 2. The number of hydrogen-bond acceptors (Lipinski definition) is 8. The highest BCUT2D eigenvalue weighted by Crippen LogP contribution is 2.30. The molecule has 0 spiro atoms. The molecular weight excluding hydrogens is 532 g/mol. The molecule has 2 aromatic carbocycles. The average Bonchev–Trinajstić information content (AvgIpc) is 3.79. The van der Waals surface area contributed by atoms with Gasteiger partial charge in [-0.05, 0) is 73.9 Å². The van der Waals surface area contributed by atoms with Crippen molar-refractivity contribution in [3.05, 3.63) is 126 Å². The molecule has 0 saturated carbocycles. The molecule has 0 saturated heterocycles. The van der Waals surface area contributed by atoms with Crippen molar-refractivity contribution < 1.29 is 23.0 Å². The van der Waals surface area contributed by atoms with Gasteiger partial charge in [0.15, 0.2) is 17.3 Å². The maximum atomic E-state index is 6.13. The second kappa shape index (κ2) is 12.5. The van der Waals surface area contributed by atoms with Crippen LogP contribution in [0.2, 0.25) is 0 Å². The summed E-state index contributed by atoms with van der Waals surface area (Å²) in [5.41, 5.74) is 4.66. The Morgan fingerprint density at radius 1 is 0.833 bits per heavy atom. The number of ether oxygens (including phenoxy) is 3. The predicted molar refractivity (Wildman–Crippen MR) is 156 cm³/mol. The lowest BCUT2D eigenvalue weighted by molar-refractivity contribution is 0.275. The second-order valence-corrected chi connectivity index (χ2v) is 9.60. The third kappa shape index (κ3) is 6.20. The lowest BCUT2D eigenvalue weighted by Gasteiger charge is -2.12. The highest BCUT2D eigenvalue weighted by molar-refractivity contribution is 5.45. The number of aromatic nitrogens is 4. The van der Waals surface area contributed by atoms with Gasteiger partial charge in [0, 0.05) is 23.7 Å². The molecule has 212 valence electrons. The van der Waals surface area contributed by atoms with Crippen LogP contribution in [-0.2, 0) is 26.1 Å². The monoisotopic (exact) mass is 562 g/mol. The number of pyridine rings is 1. The zero-order valence-electron chi connectivity index (χ0n) is 23.4. The van der Waals surface area contributed by atoms with Crippen LogP contribution in [0.1, 0.15) is 28.4 Å². The van der Waals surface area contributed by atoms with Gasteiger partial charge in [0.05, 0.1) is 19.1 Å². The number of methoxy groups -OCH3 is 1. The Hall–Kier alpha value is -5.31.